The fourth-order valence-corrected chi connectivity index (χ4v) is 5.38. The molecule has 1 heterocycles. The van der Waals surface area contributed by atoms with Gasteiger partial charge in [0, 0.05) is 18.2 Å². The van der Waals surface area contributed by atoms with E-state index in [0.29, 0.717) is 27.7 Å². The predicted octanol–water partition coefficient (Wildman–Crippen LogP) is 4.02. The number of sulfonamides is 1. The monoisotopic (exact) mass is 461 g/mol. The van der Waals surface area contributed by atoms with Crippen LogP contribution in [0.25, 0.3) is 10.6 Å². The fourth-order valence-electron chi connectivity index (χ4n) is 2.96. The second kappa shape index (κ2) is 9.67. The molecule has 6 nitrogen and oxygen atoms in total. The molecule has 2 aromatic carbocycles. The average Bonchev–Trinajstić information content (AvgIpc) is 3.08. The van der Waals surface area contributed by atoms with Gasteiger partial charge in [0.1, 0.15) is 15.7 Å². The van der Waals surface area contributed by atoms with Crippen LogP contribution in [0, 0.1) is 12.7 Å². The number of carbonyl (C=O) groups excluding carboxylic acids is 1. The van der Waals surface area contributed by atoms with Crippen molar-refractivity contribution in [2.24, 2.45) is 0 Å². The summed E-state index contributed by atoms with van der Waals surface area (Å²) in [5.41, 5.74) is 2.89. The van der Waals surface area contributed by atoms with Gasteiger partial charge in [0.15, 0.2) is 0 Å². The molecule has 0 unspecified atom stereocenters. The topological polar surface area (TPSA) is 88.2 Å². The molecule has 0 saturated heterocycles. The summed E-state index contributed by atoms with van der Waals surface area (Å²) in [5, 5.41) is 3.52. The molecule has 0 aliphatic heterocycles. The number of halogens is 1. The van der Waals surface area contributed by atoms with Gasteiger partial charge < -0.3 is 5.32 Å². The Morgan fingerprint density at radius 2 is 1.68 bits per heavy atom. The van der Waals surface area contributed by atoms with Gasteiger partial charge in [-0.2, -0.15) is 0 Å². The SMILES string of the molecule is Cc1nc(-c2ccc(F)cc2)sc1C(=O)NCc1ccc(CS(=O)(=O)NC(C)C)cc1. The minimum atomic E-state index is -3.38. The number of amides is 1. The standard InChI is InChI=1S/C22H24FN3O3S2/c1-14(2)26-31(28,29)13-17-6-4-16(5-7-17)12-24-21(27)20-15(3)25-22(30-20)18-8-10-19(23)11-9-18/h4-11,14,26H,12-13H2,1-3H3,(H,24,27). The predicted molar refractivity (Wildman–Crippen MR) is 121 cm³/mol. The maximum Gasteiger partial charge on any atom is 0.263 e. The van der Waals surface area contributed by atoms with Gasteiger partial charge in [-0.3, -0.25) is 4.79 Å². The molecule has 0 atom stereocenters. The van der Waals surface area contributed by atoms with E-state index in [-0.39, 0.29) is 23.5 Å². The maximum absolute atomic E-state index is 13.1. The summed E-state index contributed by atoms with van der Waals surface area (Å²) < 4.78 is 39.7. The lowest BCUT2D eigenvalue weighted by Crippen LogP contribution is -2.31. The van der Waals surface area contributed by atoms with Gasteiger partial charge in [-0.05, 0) is 56.2 Å². The quantitative estimate of drug-likeness (QED) is 0.530. The highest BCUT2D eigenvalue weighted by Crippen LogP contribution is 2.28. The Labute approximate surface area is 185 Å². The van der Waals surface area contributed by atoms with Crippen molar-refractivity contribution in [2.75, 3.05) is 0 Å². The number of carbonyl (C=O) groups is 1. The zero-order valence-electron chi connectivity index (χ0n) is 17.5. The molecule has 0 aliphatic carbocycles. The van der Waals surface area contributed by atoms with Crippen LogP contribution in [0.5, 0.6) is 0 Å². The summed E-state index contributed by atoms with van der Waals surface area (Å²) in [6.07, 6.45) is 0. The first-order valence-corrected chi connectivity index (χ1v) is 12.2. The molecule has 3 aromatic rings. The maximum atomic E-state index is 13.1. The summed E-state index contributed by atoms with van der Waals surface area (Å²) in [4.78, 5) is 17.5. The Kier molecular flexibility index (Phi) is 7.19. The molecule has 0 saturated carbocycles. The van der Waals surface area contributed by atoms with Crippen molar-refractivity contribution < 1.29 is 17.6 Å². The second-order valence-electron chi connectivity index (χ2n) is 7.47. The van der Waals surface area contributed by atoms with Crippen LogP contribution in [0.4, 0.5) is 4.39 Å². The molecular formula is C22H24FN3O3S2. The van der Waals surface area contributed by atoms with Crippen LogP contribution >= 0.6 is 11.3 Å². The molecule has 1 aromatic heterocycles. The van der Waals surface area contributed by atoms with Crippen LogP contribution in [-0.2, 0) is 22.3 Å². The van der Waals surface area contributed by atoms with Crippen molar-refractivity contribution in [1.82, 2.24) is 15.0 Å². The Bertz CT molecular complexity index is 1160. The zero-order valence-corrected chi connectivity index (χ0v) is 19.1. The summed E-state index contributed by atoms with van der Waals surface area (Å²) in [6, 6.07) is 12.9. The van der Waals surface area contributed by atoms with Crippen LogP contribution in [0.3, 0.4) is 0 Å². The molecule has 0 aliphatic rings. The lowest BCUT2D eigenvalue weighted by Gasteiger charge is -2.10. The molecule has 31 heavy (non-hydrogen) atoms. The second-order valence-corrected chi connectivity index (χ2v) is 10.2. The van der Waals surface area contributed by atoms with Crippen LogP contribution < -0.4 is 10.0 Å². The number of hydrogen-bond acceptors (Lipinski definition) is 5. The minimum Gasteiger partial charge on any atom is -0.347 e. The Morgan fingerprint density at radius 1 is 1.06 bits per heavy atom. The van der Waals surface area contributed by atoms with Gasteiger partial charge in [0.2, 0.25) is 10.0 Å². The van der Waals surface area contributed by atoms with Crippen molar-refractivity contribution in [2.45, 2.75) is 39.1 Å². The number of aromatic nitrogens is 1. The number of nitrogens with one attached hydrogen (secondary N) is 2. The van der Waals surface area contributed by atoms with Crippen LogP contribution in [0.2, 0.25) is 0 Å². The summed E-state index contributed by atoms with van der Waals surface area (Å²) in [6.45, 7) is 5.62. The number of rotatable bonds is 8. The van der Waals surface area contributed by atoms with E-state index in [1.165, 1.54) is 23.5 Å². The molecule has 0 fully saturated rings. The fraction of sp³-hybridized carbons (Fsp3) is 0.273. The highest BCUT2D eigenvalue weighted by molar-refractivity contribution is 7.88. The number of hydrogen-bond donors (Lipinski definition) is 2. The molecule has 9 heteroatoms. The molecule has 2 N–H and O–H groups in total. The van der Waals surface area contributed by atoms with Crippen LogP contribution in [-0.4, -0.2) is 25.4 Å². The zero-order chi connectivity index (χ0) is 22.6. The van der Waals surface area contributed by atoms with Gasteiger partial charge in [0.05, 0.1) is 11.4 Å². The largest absolute Gasteiger partial charge is 0.347 e. The molecular weight excluding hydrogens is 437 g/mol. The normalized spacial score (nSPS) is 11.6. The van der Waals surface area contributed by atoms with Crippen molar-refractivity contribution in [3.05, 3.63) is 76.0 Å². The third-order valence-electron chi connectivity index (χ3n) is 4.34. The van der Waals surface area contributed by atoms with Crippen molar-refractivity contribution in [3.63, 3.8) is 0 Å². The molecule has 0 radical (unpaired) electrons. The molecule has 0 bridgehead atoms. The van der Waals surface area contributed by atoms with Crippen LogP contribution in [0.1, 0.15) is 40.3 Å². The van der Waals surface area contributed by atoms with E-state index < -0.39 is 10.0 Å². The van der Waals surface area contributed by atoms with E-state index in [0.717, 1.165) is 11.1 Å². The molecule has 3 rings (SSSR count). The Hall–Kier alpha value is -2.62. The first-order chi connectivity index (χ1) is 14.6. The van der Waals surface area contributed by atoms with Gasteiger partial charge in [-0.15, -0.1) is 11.3 Å². The average molecular weight is 462 g/mol. The number of thiazole rings is 1. The van der Waals surface area contributed by atoms with Crippen LogP contribution in [0.15, 0.2) is 48.5 Å². The van der Waals surface area contributed by atoms with Gasteiger partial charge >= 0.3 is 0 Å². The van der Waals surface area contributed by atoms with Gasteiger partial charge in [0.25, 0.3) is 5.91 Å². The van der Waals surface area contributed by atoms with Crippen molar-refractivity contribution in [1.29, 1.82) is 0 Å². The summed E-state index contributed by atoms with van der Waals surface area (Å²) >= 11 is 1.26. The smallest absolute Gasteiger partial charge is 0.263 e. The molecule has 164 valence electrons. The van der Waals surface area contributed by atoms with E-state index >= 15 is 0 Å². The van der Waals surface area contributed by atoms with E-state index in [2.05, 4.69) is 15.0 Å². The molecule has 0 spiro atoms. The first-order valence-electron chi connectivity index (χ1n) is 9.72. The minimum absolute atomic E-state index is 0.0932. The van der Waals surface area contributed by atoms with Gasteiger partial charge in [-0.1, -0.05) is 24.3 Å². The lowest BCUT2D eigenvalue weighted by molar-refractivity contribution is 0.0954. The third kappa shape index (κ3) is 6.43. The van der Waals surface area contributed by atoms with E-state index in [1.54, 1.807) is 57.2 Å². The Morgan fingerprint density at radius 3 is 2.29 bits per heavy atom. The van der Waals surface area contributed by atoms with E-state index in [1.807, 2.05) is 0 Å². The summed E-state index contributed by atoms with van der Waals surface area (Å²) in [5.74, 6) is -0.657. The number of benzene rings is 2. The number of nitrogens with zero attached hydrogens (tertiary/aromatic N) is 1. The Balaban J connectivity index is 1.61. The number of aryl methyl sites for hydroxylation is 1. The highest BCUT2D eigenvalue weighted by atomic mass is 32.2. The van der Waals surface area contributed by atoms with E-state index in [9.17, 15) is 17.6 Å². The first kappa shape index (κ1) is 23.1. The van der Waals surface area contributed by atoms with E-state index in [4.69, 9.17) is 0 Å². The van der Waals surface area contributed by atoms with Crippen molar-refractivity contribution in [3.8, 4) is 10.6 Å². The third-order valence-corrected chi connectivity index (χ3v) is 7.09. The lowest BCUT2D eigenvalue weighted by atomic mass is 10.1. The summed E-state index contributed by atoms with van der Waals surface area (Å²) in [7, 11) is -3.38. The van der Waals surface area contributed by atoms with Gasteiger partial charge in [-0.25, -0.2) is 22.5 Å². The molecule has 1 amide bonds. The highest BCUT2D eigenvalue weighted by Gasteiger charge is 2.16. The van der Waals surface area contributed by atoms with Crippen molar-refractivity contribution >= 4 is 27.3 Å².